The van der Waals surface area contributed by atoms with Gasteiger partial charge < -0.3 is 10.5 Å². The molecule has 2 unspecified atom stereocenters. The molecule has 0 aliphatic heterocycles. The smallest absolute Gasteiger partial charge is 0.216 e. The SMILES string of the molecule is C#CC(C)NC(CN)c1c(C)nn(C)c1OC. The lowest BCUT2D eigenvalue weighted by Gasteiger charge is -2.19. The predicted octanol–water partition coefficient (Wildman–Crippen LogP) is 0.348. The van der Waals surface area contributed by atoms with E-state index in [9.17, 15) is 0 Å². The minimum Gasteiger partial charge on any atom is -0.481 e. The molecule has 0 radical (unpaired) electrons. The number of methoxy groups -OCH3 is 1. The monoisotopic (exact) mass is 236 g/mol. The number of hydrogen-bond donors (Lipinski definition) is 2. The topological polar surface area (TPSA) is 65.1 Å². The van der Waals surface area contributed by atoms with Crippen LogP contribution in [0.25, 0.3) is 0 Å². The van der Waals surface area contributed by atoms with Gasteiger partial charge in [0.1, 0.15) is 0 Å². The molecule has 0 aliphatic rings. The zero-order valence-corrected chi connectivity index (χ0v) is 10.8. The van der Waals surface area contributed by atoms with Gasteiger partial charge in [-0.15, -0.1) is 6.42 Å². The van der Waals surface area contributed by atoms with Crippen LogP contribution < -0.4 is 15.8 Å². The molecule has 17 heavy (non-hydrogen) atoms. The summed E-state index contributed by atoms with van der Waals surface area (Å²) in [7, 11) is 3.46. The highest BCUT2D eigenvalue weighted by atomic mass is 16.5. The Hall–Kier alpha value is -1.51. The first-order valence-corrected chi connectivity index (χ1v) is 5.54. The van der Waals surface area contributed by atoms with E-state index in [1.165, 1.54) is 0 Å². The molecule has 0 saturated carbocycles. The third kappa shape index (κ3) is 2.78. The number of nitrogens with two attached hydrogens (primary N) is 1. The number of nitrogens with one attached hydrogen (secondary N) is 1. The first kappa shape index (κ1) is 13.6. The van der Waals surface area contributed by atoms with Crippen molar-refractivity contribution in [2.24, 2.45) is 12.8 Å². The molecule has 0 aromatic carbocycles. The summed E-state index contributed by atoms with van der Waals surface area (Å²) in [5.74, 6) is 3.35. The summed E-state index contributed by atoms with van der Waals surface area (Å²) >= 11 is 0. The van der Waals surface area contributed by atoms with Crippen molar-refractivity contribution in [1.29, 1.82) is 0 Å². The number of hydrogen-bond acceptors (Lipinski definition) is 4. The molecule has 0 bridgehead atoms. The van der Waals surface area contributed by atoms with Crippen LogP contribution in [0.5, 0.6) is 5.88 Å². The minimum atomic E-state index is -0.0512. The average molecular weight is 236 g/mol. The van der Waals surface area contributed by atoms with Crippen LogP contribution in [0.3, 0.4) is 0 Å². The van der Waals surface area contributed by atoms with E-state index in [1.54, 1.807) is 11.8 Å². The first-order chi connectivity index (χ1) is 8.04. The van der Waals surface area contributed by atoms with Gasteiger partial charge in [-0.25, -0.2) is 4.68 Å². The summed E-state index contributed by atoms with van der Waals surface area (Å²) in [6, 6.07) is -0.0995. The largest absolute Gasteiger partial charge is 0.481 e. The van der Waals surface area contributed by atoms with Crippen molar-refractivity contribution in [2.45, 2.75) is 25.9 Å². The maximum absolute atomic E-state index is 5.79. The molecule has 1 aromatic heterocycles. The quantitative estimate of drug-likeness (QED) is 0.724. The number of rotatable bonds is 5. The van der Waals surface area contributed by atoms with Crippen LogP contribution in [0.1, 0.15) is 24.2 Å². The summed E-state index contributed by atoms with van der Waals surface area (Å²) in [5.41, 5.74) is 7.66. The van der Waals surface area contributed by atoms with Gasteiger partial charge in [-0.1, -0.05) is 5.92 Å². The maximum atomic E-state index is 5.79. The lowest BCUT2D eigenvalue weighted by Crippen LogP contribution is -2.34. The van der Waals surface area contributed by atoms with Crippen LogP contribution >= 0.6 is 0 Å². The molecule has 1 aromatic rings. The number of aromatic nitrogens is 2. The van der Waals surface area contributed by atoms with Gasteiger partial charge in [0.25, 0.3) is 0 Å². The van der Waals surface area contributed by atoms with Crippen molar-refractivity contribution in [3.05, 3.63) is 11.3 Å². The van der Waals surface area contributed by atoms with Crippen LogP contribution in [0.15, 0.2) is 0 Å². The van der Waals surface area contributed by atoms with Crippen molar-refractivity contribution in [3.8, 4) is 18.2 Å². The van der Waals surface area contributed by atoms with Gasteiger partial charge in [0.2, 0.25) is 5.88 Å². The second kappa shape index (κ2) is 5.71. The normalized spacial score (nSPS) is 14.1. The Balaban J connectivity index is 3.07. The van der Waals surface area contributed by atoms with E-state index in [2.05, 4.69) is 16.3 Å². The minimum absolute atomic E-state index is 0.0483. The van der Waals surface area contributed by atoms with Gasteiger partial charge in [-0.05, 0) is 13.8 Å². The molecule has 1 heterocycles. The van der Waals surface area contributed by atoms with Gasteiger partial charge in [0.15, 0.2) is 0 Å². The second-order valence-corrected chi connectivity index (χ2v) is 3.98. The molecule has 2 atom stereocenters. The van der Waals surface area contributed by atoms with E-state index in [-0.39, 0.29) is 12.1 Å². The maximum Gasteiger partial charge on any atom is 0.216 e. The van der Waals surface area contributed by atoms with Gasteiger partial charge in [-0.2, -0.15) is 5.10 Å². The second-order valence-electron chi connectivity index (χ2n) is 3.98. The van der Waals surface area contributed by atoms with Crippen LogP contribution in [0.4, 0.5) is 0 Å². The van der Waals surface area contributed by atoms with Crippen molar-refractivity contribution < 1.29 is 4.74 Å². The third-order valence-electron chi connectivity index (χ3n) is 2.69. The Morgan fingerprint density at radius 2 is 2.29 bits per heavy atom. The lowest BCUT2D eigenvalue weighted by molar-refractivity contribution is 0.361. The fourth-order valence-corrected chi connectivity index (χ4v) is 1.92. The van der Waals surface area contributed by atoms with Crippen molar-refractivity contribution in [3.63, 3.8) is 0 Å². The van der Waals surface area contributed by atoms with Gasteiger partial charge in [0, 0.05) is 13.6 Å². The summed E-state index contributed by atoms with van der Waals surface area (Å²) in [6.45, 7) is 4.29. The number of aryl methyl sites for hydroxylation is 2. The Labute approximate surface area is 102 Å². The summed E-state index contributed by atoms with van der Waals surface area (Å²) in [4.78, 5) is 0. The van der Waals surface area contributed by atoms with Gasteiger partial charge in [0.05, 0.1) is 30.5 Å². The van der Waals surface area contributed by atoms with Crippen LogP contribution in [-0.4, -0.2) is 29.5 Å². The zero-order valence-electron chi connectivity index (χ0n) is 10.8. The molecule has 94 valence electrons. The van der Waals surface area contributed by atoms with E-state index >= 15 is 0 Å². The summed E-state index contributed by atoms with van der Waals surface area (Å²) in [5, 5.41) is 7.60. The molecule has 0 amide bonds. The Kier molecular flexibility index (Phi) is 4.55. The zero-order chi connectivity index (χ0) is 13.0. The van der Waals surface area contributed by atoms with Crippen LogP contribution in [0, 0.1) is 19.3 Å². The van der Waals surface area contributed by atoms with E-state index in [0.717, 1.165) is 17.1 Å². The highest BCUT2D eigenvalue weighted by Crippen LogP contribution is 2.27. The highest BCUT2D eigenvalue weighted by Gasteiger charge is 2.22. The molecule has 1 rings (SSSR count). The molecule has 0 saturated heterocycles. The fraction of sp³-hybridized carbons (Fsp3) is 0.583. The Morgan fingerprint density at radius 3 is 2.76 bits per heavy atom. The standard InChI is InChI=1S/C12H20N4O/c1-6-8(2)14-10(7-13)11-9(3)15-16(4)12(11)17-5/h1,8,10,14H,7,13H2,2-5H3. The molecule has 0 fully saturated rings. The average Bonchev–Trinajstić information content (AvgIpc) is 2.60. The van der Waals surface area contributed by atoms with Crippen molar-refractivity contribution in [2.75, 3.05) is 13.7 Å². The predicted molar refractivity (Wildman–Crippen MR) is 67.7 cm³/mol. The molecule has 5 heteroatoms. The Bertz CT molecular complexity index is 419. The molecule has 5 nitrogen and oxygen atoms in total. The van der Waals surface area contributed by atoms with Crippen LogP contribution in [0.2, 0.25) is 0 Å². The van der Waals surface area contributed by atoms with Crippen molar-refractivity contribution >= 4 is 0 Å². The molecule has 0 aliphatic carbocycles. The summed E-state index contributed by atoms with van der Waals surface area (Å²) in [6.07, 6.45) is 5.36. The lowest BCUT2D eigenvalue weighted by atomic mass is 10.1. The summed E-state index contributed by atoms with van der Waals surface area (Å²) < 4.78 is 7.05. The molecule has 0 spiro atoms. The number of terminal acetylenes is 1. The molecular weight excluding hydrogens is 216 g/mol. The number of ether oxygens (including phenoxy) is 1. The fourth-order valence-electron chi connectivity index (χ4n) is 1.92. The van der Waals surface area contributed by atoms with Crippen molar-refractivity contribution in [1.82, 2.24) is 15.1 Å². The molecular formula is C12H20N4O. The van der Waals surface area contributed by atoms with E-state index in [0.29, 0.717) is 6.54 Å². The van der Waals surface area contributed by atoms with E-state index < -0.39 is 0 Å². The van der Waals surface area contributed by atoms with Crippen LogP contribution in [-0.2, 0) is 7.05 Å². The Morgan fingerprint density at radius 1 is 1.65 bits per heavy atom. The molecule has 3 N–H and O–H groups in total. The number of nitrogens with zero attached hydrogens (tertiary/aromatic N) is 2. The van der Waals surface area contributed by atoms with E-state index in [1.807, 2.05) is 20.9 Å². The van der Waals surface area contributed by atoms with E-state index in [4.69, 9.17) is 16.9 Å². The third-order valence-corrected chi connectivity index (χ3v) is 2.69. The van der Waals surface area contributed by atoms with Gasteiger partial charge in [-0.3, -0.25) is 5.32 Å². The van der Waals surface area contributed by atoms with Gasteiger partial charge >= 0.3 is 0 Å². The highest BCUT2D eigenvalue weighted by molar-refractivity contribution is 5.34. The first-order valence-electron chi connectivity index (χ1n) is 5.54.